The van der Waals surface area contributed by atoms with Gasteiger partial charge in [0.15, 0.2) is 6.61 Å². The average molecular weight is 298 g/mol. The summed E-state index contributed by atoms with van der Waals surface area (Å²) in [6, 6.07) is 7.92. The quantitative estimate of drug-likeness (QED) is 0.909. The lowest BCUT2D eigenvalue weighted by Gasteiger charge is -2.34. The first-order chi connectivity index (χ1) is 10.0. The molecule has 1 aromatic rings. The number of benzene rings is 1. The van der Waals surface area contributed by atoms with Gasteiger partial charge in [-0.05, 0) is 37.1 Å². The summed E-state index contributed by atoms with van der Waals surface area (Å²) in [4.78, 5) is 0. The molecular formula is C15H17F3N2O. The van der Waals surface area contributed by atoms with Crippen molar-refractivity contribution in [1.29, 1.82) is 5.26 Å². The molecule has 2 atom stereocenters. The van der Waals surface area contributed by atoms with Crippen LogP contribution >= 0.6 is 0 Å². The van der Waals surface area contributed by atoms with Crippen molar-refractivity contribution in [3.63, 3.8) is 0 Å². The molecule has 6 heteroatoms. The largest absolute Gasteiger partial charge is 0.479 e. The van der Waals surface area contributed by atoms with E-state index < -0.39 is 18.1 Å². The summed E-state index contributed by atoms with van der Waals surface area (Å²) in [5, 5.41) is 11.4. The molecule has 1 aliphatic rings. The Morgan fingerprint density at radius 2 is 1.86 bits per heavy atom. The Bertz CT molecular complexity index is 493. The van der Waals surface area contributed by atoms with Crippen LogP contribution in [0.1, 0.15) is 25.7 Å². The highest BCUT2D eigenvalue weighted by Crippen LogP contribution is 2.39. The van der Waals surface area contributed by atoms with Gasteiger partial charge in [0.05, 0.1) is 5.92 Å². The van der Waals surface area contributed by atoms with Crippen LogP contribution in [-0.2, 0) is 0 Å². The molecule has 1 aliphatic carbocycles. The number of ether oxygens (including phenoxy) is 1. The number of hydrogen-bond acceptors (Lipinski definition) is 3. The molecule has 1 aromatic carbocycles. The number of rotatable bonds is 4. The van der Waals surface area contributed by atoms with Crippen molar-refractivity contribution in [2.75, 3.05) is 11.9 Å². The van der Waals surface area contributed by atoms with Crippen LogP contribution in [0.2, 0.25) is 0 Å². The van der Waals surface area contributed by atoms with E-state index in [4.69, 9.17) is 10.00 Å². The van der Waals surface area contributed by atoms with Gasteiger partial charge >= 0.3 is 6.18 Å². The zero-order chi connectivity index (χ0) is 15.3. The predicted octanol–water partition coefficient (Wildman–Crippen LogP) is 4.12. The summed E-state index contributed by atoms with van der Waals surface area (Å²) in [5.41, 5.74) is 0.639. The second kappa shape index (κ2) is 6.70. The molecule has 1 fully saturated rings. The second-order valence-corrected chi connectivity index (χ2v) is 5.15. The van der Waals surface area contributed by atoms with Crippen molar-refractivity contribution in [2.24, 2.45) is 5.92 Å². The number of nitrogens with one attached hydrogen (secondary N) is 1. The number of nitrogens with zero attached hydrogens (tertiary/aromatic N) is 1. The van der Waals surface area contributed by atoms with Crippen LogP contribution in [0.25, 0.3) is 0 Å². The van der Waals surface area contributed by atoms with Crippen molar-refractivity contribution in [3.8, 4) is 11.8 Å². The highest BCUT2D eigenvalue weighted by molar-refractivity contribution is 5.47. The molecular weight excluding hydrogens is 281 g/mol. The molecule has 0 amide bonds. The Morgan fingerprint density at radius 3 is 2.48 bits per heavy atom. The third kappa shape index (κ3) is 4.28. The van der Waals surface area contributed by atoms with E-state index in [-0.39, 0.29) is 13.0 Å². The number of nitriles is 1. The smallest absolute Gasteiger partial charge is 0.393 e. The maximum Gasteiger partial charge on any atom is 0.393 e. The topological polar surface area (TPSA) is 45.0 Å². The van der Waals surface area contributed by atoms with E-state index >= 15 is 0 Å². The first-order valence-electron chi connectivity index (χ1n) is 6.94. The first-order valence-corrected chi connectivity index (χ1v) is 6.94. The Kier molecular flexibility index (Phi) is 4.94. The zero-order valence-electron chi connectivity index (χ0n) is 11.5. The van der Waals surface area contributed by atoms with Gasteiger partial charge < -0.3 is 10.1 Å². The first kappa shape index (κ1) is 15.5. The maximum absolute atomic E-state index is 13.0. The van der Waals surface area contributed by atoms with E-state index in [1.807, 2.05) is 6.07 Å². The Hall–Kier alpha value is -1.90. The number of alkyl halides is 3. The summed E-state index contributed by atoms with van der Waals surface area (Å²) in [7, 11) is 0. The molecule has 0 bridgehead atoms. The van der Waals surface area contributed by atoms with Crippen LogP contribution in [-0.4, -0.2) is 18.8 Å². The minimum Gasteiger partial charge on any atom is -0.479 e. The fourth-order valence-corrected chi connectivity index (χ4v) is 2.67. The van der Waals surface area contributed by atoms with E-state index in [1.165, 1.54) is 0 Å². The second-order valence-electron chi connectivity index (χ2n) is 5.15. The summed E-state index contributed by atoms with van der Waals surface area (Å²) in [6.07, 6.45) is -2.01. The SMILES string of the molecule is N#CCOc1ccc(NC2CCCCC2C(F)(F)F)cc1. The molecule has 0 radical (unpaired) electrons. The van der Waals surface area contributed by atoms with Crippen molar-refractivity contribution < 1.29 is 17.9 Å². The van der Waals surface area contributed by atoms with Gasteiger partial charge in [0.2, 0.25) is 0 Å². The highest BCUT2D eigenvalue weighted by Gasteiger charge is 2.45. The molecule has 2 unspecified atom stereocenters. The number of anilines is 1. The van der Waals surface area contributed by atoms with Gasteiger partial charge in [0.1, 0.15) is 11.8 Å². The molecule has 1 N–H and O–H groups in total. The van der Waals surface area contributed by atoms with Crippen molar-refractivity contribution in [1.82, 2.24) is 0 Å². The van der Waals surface area contributed by atoms with Crippen molar-refractivity contribution in [3.05, 3.63) is 24.3 Å². The molecule has 1 saturated carbocycles. The predicted molar refractivity (Wildman–Crippen MR) is 73.0 cm³/mol. The number of hydrogen-bond donors (Lipinski definition) is 1. The molecule has 3 nitrogen and oxygen atoms in total. The van der Waals surface area contributed by atoms with Crippen LogP contribution in [0.4, 0.5) is 18.9 Å². The van der Waals surface area contributed by atoms with Crippen LogP contribution in [0.15, 0.2) is 24.3 Å². The Morgan fingerprint density at radius 1 is 1.19 bits per heavy atom. The molecule has 0 saturated heterocycles. The summed E-state index contributed by atoms with van der Waals surface area (Å²) >= 11 is 0. The summed E-state index contributed by atoms with van der Waals surface area (Å²) < 4.78 is 44.1. The molecule has 21 heavy (non-hydrogen) atoms. The van der Waals surface area contributed by atoms with E-state index in [0.29, 0.717) is 24.3 Å². The van der Waals surface area contributed by atoms with Gasteiger partial charge in [0.25, 0.3) is 0 Å². The van der Waals surface area contributed by atoms with E-state index in [1.54, 1.807) is 24.3 Å². The molecule has 0 aliphatic heterocycles. The summed E-state index contributed by atoms with van der Waals surface area (Å²) in [5.74, 6) is -0.765. The molecule has 0 aromatic heterocycles. The third-order valence-electron chi connectivity index (χ3n) is 3.70. The lowest BCUT2D eigenvalue weighted by molar-refractivity contribution is -0.184. The monoisotopic (exact) mass is 298 g/mol. The van der Waals surface area contributed by atoms with Crippen LogP contribution in [0, 0.1) is 17.2 Å². The van der Waals surface area contributed by atoms with Crippen LogP contribution in [0.3, 0.4) is 0 Å². The maximum atomic E-state index is 13.0. The molecule has 0 heterocycles. The fraction of sp³-hybridized carbons (Fsp3) is 0.533. The molecule has 2 rings (SSSR count). The standard InChI is InChI=1S/C15H17F3N2O/c16-15(17,18)13-3-1-2-4-14(13)20-11-5-7-12(8-6-11)21-10-9-19/h5-8,13-14,20H,1-4,10H2. The minimum absolute atomic E-state index is 0.0501. The van der Waals surface area contributed by atoms with Gasteiger partial charge in [-0.3, -0.25) is 0 Å². The van der Waals surface area contributed by atoms with Gasteiger partial charge in [-0.15, -0.1) is 0 Å². The van der Waals surface area contributed by atoms with Gasteiger partial charge in [-0.25, -0.2) is 0 Å². The van der Waals surface area contributed by atoms with E-state index in [2.05, 4.69) is 5.32 Å². The Labute approximate surface area is 121 Å². The van der Waals surface area contributed by atoms with Gasteiger partial charge in [-0.2, -0.15) is 18.4 Å². The molecule has 0 spiro atoms. The van der Waals surface area contributed by atoms with Crippen molar-refractivity contribution in [2.45, 2.75) is 37.9 Å². The fourth-order valence-electron chi connectivity index (χ4n) is 2.67. The minimum atomic E-state index is -4.16. The number of halogens is 3. The summed E-state index contributed by atoms with van der Waals surface area (Å²) in [6.45, 7) is -0.0501. The van der Waals surface area contributed by atoms with E-state index in [9.17, 15) is 13.2 Å². The third-order valence-corrected chi connectivity index (χ3v) is 3.70. The lowest BCUT2D eigenvalue weighted by Crippen LogP contribution is -2.41. The van der Waals surface area contributed by atoms with Gasteiger partial charge in [0, 0.05) is 11.7 Å². The lowest BCUT2D eigenvalue weighted by atomic mass is 9.84. The zero-order valence-corrected chi connectivity index (χ0v) is 11.5. The normalized spacial score (nSPS) is 22.4. The van der Waals surface area contributed by atoms with Gasteiger partial charge in [-0.1, -0.05) is 12.8 Å². The Balaban J connectivity index is 2.00. The molecule has 114 valence electrons. The van der Waals surface area contributed by atoms with Crippen LogP contribution < -0.4 is 10.1 Å². The van der Waals surface area contributed by atoms with Crippen molar-refractivity contribution >= 4 is 5.69 Å². The highest BCUT2D eigenvalue weighted by atomic mass is 19.4. The average Bonchev–Trinajstić information content (AvgIpc) is 2.46. The van der Waals surface area contributed by atoms with E-state index in [0.717, 1.165) is 6.42 Å². The van der Waals surface area contributed by atoms with Crippen LogP contribution in [0.5, 0.6) is 5.75 Å².